The maximum Gasteiger partial charge on any atom is 0.244 e. The zero-order valence-electron chi connectivity index (χ0n) is 13.3. The van der Waals surface area contributed by atoms with Crippen molar-refractivity contribution in [3.63, 3.8) is 0 Å². The normalized spacial score (nSPS) is 17.1. The van der Waals surface area contributed by atoms with Crippen molar-refractivity contribution in [3.05, 3.63) is 17.1 Å². The van der Waals surface area contributed by atoms with Crippen LogP contribution in [0.2, 0.25) is 0 Å². The molecule has 1 aliphatic rings. The van der Waals surface area contributed by atoms with Crippen LogP contribution in [-0.2, 0) is 16.6 Å². The summed E-state index contributed by atoms with van der Waals surface area (Å²) in [4.78, 5) is 0.316. The van der Waals surface area contributed by atoms with Crippen molar-refractivity contribution in [2.24, 2.45) is 0 Å². The van der Waals surface area contributed by atoms with Gasteiger partial charge in [0.25, 0.3) is 0 Å². The van der Waals surface area contributed by atoms with Gasteiger partial charge in [-0.15, -0.1) is 0 Å². The molecule has 2 N–H and O–H groups in total. The van der Waals surface area contributed by atoms with Gasteiger partial charge in [-0.2, -0.15) is 0 Å². The van der Waals surface area contributed by atoms with Gasteiger partial charge in [-0.25, -0.2) is 13.1 Å². The maximum atomic E-state index is 12.6. The van der Waals surface area contributed by atoms with E-state index < -0.39 is 10.0 Å². The average Bonchev–Trinajstić information content (AvgIpc) is 3.12. The zero-order chi connectivity index (χ0) is 15.6. The molecule has 21 heavy (non-hydrogen) atoms. The van der Waals surface area contributed by atoms with Crippen LogP contribution in [0.4, 0.5) is 0 Å². The monoisotopic (exact) mass is 314 g/mol. The van der Waals surface area contributed by atoms with Gasteiger partial charge < -0.3 is 9.73 Å². The molecule has 0 aromatic carbocycles. The molecule has 1 unspecified atom stereocenters. The Morgan fingerprint density at radius 2 is 1.95 bits per heavy atom. The van der Waals surface area contributed by atoms with Crippen LogP contribution in [0.5, 0.6) is 0 Å². The highest BCUT2D eigenvalue weighted by molar-refractivity contribution is 7.89. The van der Waals surface area contributed by atoms with Crippen LogP contribution in [0.3, 0.4) is 0 Å². The highest BCUT2D eigenvalue weighted by Crippen LogP contribution is 2.28. The first-order valence-electron chi connectivity index (χ1n) is 7.69. The van der Waals surface area contributed by atoms with E-state index in [0.29, 0.717) is 29.0 Å². The summed E-state index contributed by atoms with van der Waals surface area (Å²) < 4.78 is 33.6. The van der Waals surface area contributed by atoms with Crippen LogP contribution < -0.4 is 10.0 Å². The van der Waals surface area contributed by atoms with E-state index in [1.165, 1.54) is 12.8 Å². The van der Waals surface area contributed by atoms with Gasteiger partial charge in [0.15, 0.2) is 0 Å². The topological polar surface area (TPSA) is 71.3 Å². The van der Waals surface area contributed by atoms with Crippen molar-refractivity contribution < 1.29 is 12.8 Å². The molecule has 1 aliphatic carbocycles. The average molecular weight is 314 g/mol. The SMILES string of the molecule is CCCC(C)NS(=O)(=O)c1c(C)oc(C)c1CNC1CC1. The number of furan rings is 1. The fourth-order valence-corrected chi connectivity index (χ4v) is 4.34. The smallest absolute Gasteiger partial charge is 0.244 e. The molecule has 0 saturated heterocycles. The molecule has 2 rings (SSSR count). The number of nitrogens with one attached hydrogen (secondary N) is 2. The van der Waals surface area contributed by atoms with Gasteiger partial charge in [-0.05, 0) is 40.0 Å². The van der Waals surface area contributed by atoms with Gasteiger partial charge in [0.1, 0.15) is 16.4 Å². The first-order chi connectivity index (χ1) is 9.85. The van der Waals surface area contributed by atoms with Crippen LogP contribution in [0.25, 0.3) is 0 Å². The lowest BCUT2D eigenvalue weighted by Gasteiger charge is -2.14. The number of sulfonamides is 1. The molecule has 1 fully saturated rings. The molecule has 1 aromatic rings. The Labute approximate surface area is 127 Å². The summed E-state index contributed by atoms with van der Waals surface area (Å²) in [5.41, 5.74) is 0.760. The molecule has 0 aliphatic heterocycles. The van der Waals surface area contributed by atoms with E-state index in [1.54, 1.807) is 6.92 Å². The second-order valence-corrected chi connectivity index (χ2v) is 7.64. The molecule has 6 heteroatoms. The van der Waals surface area contributed by atoms with Crippen molar-refractivity contribution in [1.29, 1.82) is 0 Å². The van der Waals surface area contributed by atoms with E-state index in [4.69, 9.17) is 4.42 Å². The lowest BCUT2D eigenvalue weighted by Crippen LogP contribution is -2.33. The van der Waals surface area contributed by atoms with Gasteiger partial charge in [-0.1, -0.05) is 13.3 Å². The molecule has 0 amide bonds. The minimum Gasteiger partial charge on any atom is -0.465 e. The molecule has 120 valence electrons. The molecule has 1 saturated carbocycles. The number of hydrogen-bond acceptors (Lipinski definition) is 4. The fourth-order valence-electron chi connectivity index (χ4n) is 2.62. The summed E-state index contributed by atoms with van der Waals surface area (Å²) in [6.45, 7) is 8.03. The lowest BCUT2D eigenvalue weighted by molar-refractivity contribution is 0.491. The van der Waals surface area contributed by atoms with Crippen molar-refractivity contribution in [3.8, 4) is 0 Å². The molecule has 0 bridgehead atoms. The number of aryl methyl sites for hydroxylation is 2. The van der Waals surface area contributed by atoms with Gasteiger partial charge in [0.2, 0.25) is 10.0 Å². The van der Waals surface area contributed by atoms with Gasteiger partial charge in [0.05, 0.1) is 0 Å². The lowest BCUT2D eigenvalue weighted by atomic mass is 10.2. The summed E-state index contributed by atoms with van der Waals surface area (Å²) in [7, 11) is -3.53. The predicted molar refractivity (Wildman–Crippen MR) is 82.7 cm³/mol. The van der Waals surface area contributed by atoms with Crippen LogP contribution in [0.15, 0.2) is 9.31 Å². The molecule has 0 radical (unpaired) electrons. The minimum atomic E-state index is -3.53. The quantitative estimate of drug-likeness (QED) is 0.774. The first-order valence-corrected chi connectivity index (χ1v) is 9.18. The number of rotatable bonds is 8. The Bertz CT molecular complexity index is 588. The third kappa shape index (κ3) is 4.08. The Balaban J connectivity index is 2.23. The molecular weight excluding hydrogens is 288 g/mol. The largest absolute Gasteiger partial charge is 0.465 e. The second kappa shape index (κ2) is 6.50. The molecule has 1 heterocycles. The van der Waals surface area contributed by atoms with Crippen molar-refractivity contribution in [2.75, 3.05) is 0 Å². The molecule has 1 atom stereocenters. The van der Waals surface area contributed by atoms with Crippen LogP contribution in [0.1, 0.15) is 56.6 Å². The van der Waals surface area contributed by atoms with E-state index >= 15 is 0 Å². The van der Waals surface area contributed by atoms with Gasteiger partial charge in [-0.3, -0.25) is 0 Å². The van der Waals surface area contributed by atoms with E-state index in [2.05, 4.69) is 10.0 Å². The highest BCUT2D eigenvalue weighted by atomic mass is 32.2. The first kappa shape index (κ1) is 16.5. The van der Waals surface area contributed by atoms with Crippen LogP contribution >= 0.6 is 0 Å². The summed E-state index contributed by atoms with van der Waals surface area (Å²) in [5, 5.41) is 3.37. The van der Waals surface area contributed by atoms with Gasteiger partial charge >= 0.3 is 0 Å². The highest BCUT2D eigenvalue weighted by Gasteiger charge is 2.29. The van der Waals surface area contributed by atoms with Crippen LogP contribution in [-0.4, -0.2) is 20.5 Å². The third-order valence-corrected chi connectivity index (χ3v) is 5.60. The molecule has 1 aromatic heterocycles. The molecular formula is C15H26N2O3S. The molecule has 0 spiro atoms. The summed E-state index contributed by atoms with van der Waals surface area (Å²) in [5.74, 6) is 1.15. The van der Waals surface area contributed by atoms with Crippen molar-refractivity contribution in [2.45, 2.75) is 76.9 Å². The molecule has 5 nitrogen and oxygen atoms in total. The van der Waals surface area contributed by atoms with E-state index in [1.807, 2.05) is 20.8 Å². The van der Waals surface area contributed by atoms with E-state index in [-0.39, 0.29) is 6.04 Å². The Morgan fingerprint density at radius 1 is 1.29 bits per heavy atom. The second-order valence-electron chi connectivity index (χ2n) is 5.99. The third-order valence-electron chi connectivity index (χ3n) is 3.82. The Morgan fingerprint density at radius 3 is 2.52 bits per heavy atom. The van der Waals surface area contributed by atoms with Gasteiger partial charge in [0, 0.05) is 24.2 Å². The maximum absolute atomic E-state index is 12.6. The summed E-state index contributed by atoms with van der Waals surface area (Å²) in [6.07, 6.45) is 4.11. The van der Waals surface area contributed by atoms with Crippen molar-refractivity contribution in [1.82, 2.24) is 10.0 Å². The Hall–Kier alpha value is -0.850. The number of hydrogen-bond donors (Lipinski definition) is 2. The van der Waals surface area contributed by atoms with E-state index in [9.17, 15) is 8.42 Å². The predicted octanol–water partition coefficient (Wildman–Crippen LogP) is 2.62. The summed E-state index contributed by atoms with van der Waals surface area (Å²) >= 11 is 0. The van der Waals surface area contributed by atoms with Crippen LogP contribution in [0, 0.1) is 13.8 Å². The zero-order valence-corrected chi connectivity index (χ0v) is 14.1. The van der Waals surface area contributed by atoms with E-state index in [0.717, 1.165) is 18.4 Å². The Kier molecular flexibility index (Phi) is 5.11. The minimum absolute atomic E-state index is 0.0705. The fraction of sp³-hybridized carbons (Fsp3) is 0.733. The van der Waals surface area contributed by atoms with Crippen molar-refractivity contribution >= 4 is 10.0 Å². The standard InChI is InChI=1S/C15H26N2O3S/c1-5-6-10(2)17-21(18,19)15-12(4)20-11(3)14(15)9-16-13-7-8-13/h10,13,16-17H,5-9H2,1-4H3. The summed E-state index contributed by atoms with van der Waals surface area (Å²) in [6, 6.07) is 0.459.